The van der Waals surface area contributed by atoms with Gasteiger partial charge in [0, 0.05) is 5.92 Å². The van der Waals surface area contributed by atoms with Crippen molar-refractivity contribution in [3.63, 3.8) is 0 Å². The number of nitrogens with one attached hydrogen (secondary N) is 1. The monoisotopic (exact) mass is 418 g/mol. The van der Waals surface area contributed by atoms with E-state index in [1.165, 1.54) is 0 Å². The Morgan fingerprint density at radius 2 is 2.00 bits per heavy atom. The van der Waals surface area contributed by atoms with Gasteiger partial charge in [0.2, 0.25) is 5.91 Å². The highest BCUT2D eigenvalue weighted by atomic mass is 32.1. The molecule has 1 amide bonds. The van der Waals surface area contributed by atoms with Gasteiger partial charge >= 0.3 is 6.18 Å². The minimum Gasteiger partial charge on any atom is -0.316 e. The topological polar surface area (TPSA) is 52.9 Å². The maximum atomic E-state index is 13.9. The third-order valence-corrected chi connectivity index (χ3v) is 7.39. The number of benzene rings is 1. The van der Waals surface area contributed by atoms with Crippen molar-refractivity contribution in [3.05, 3.63) is 40.5 Å². The number of halogens is 3. The van der Waals surface area contributed by atoms with E-state index >= 15 is 0 Å². The van der Waals surface area contributed by atoms with Crippen molar-refractivity contribution in [2.24, 2.45) is 17.8 Å². The molecule has 29 heavy (non-hydrogen) atoms. The Bertz CT molecular complexity index is 1020. The minimum absolute atomic E-state index is 0.00324. The van der Waals surface area contributed by atoms with Crippen LogP contribution in [-0.4, -0.2) is 5.91 Å². The molecule has 152 valence electrons. The number of hydrogen-bond donors (Lipinski definition) is 1. The maximum absolute atomic E-state index is 13.9. The van der Waals surface area contributed by atoms with E-state index in [4.69, 9.17) is 0 Å². The van der Waals surface area contributed by atoms with Crippen LogP contribution in [-0.2, 0) is 11.0 Å². The van der Waals surface area contributed by atoms with Crippen molar-refractivity contribution in [2.75, 3.05) is 5.32 Å². The van der Waals surface area contributed by atoms with Crippen LogP contribution in [0.5, 0.6) is 0 Å². The number of hydrogen-bond acceptors (Lipinski definition) is 3. The average molecular weight is 418 g/mol. The molecule has 1 aromatic heterocycles. The Labute approximate surface area is 171 Å². The summed E-state index contributed by atoms with van der Waals surface area (Å²) in [6.07, 6.45) is -0.747. The third kappa shape index (κ3) is 3.55. The Hall–Kier alpha value is -2.33. The third-order valence-electron chi connectivity index (χ3n) is 6.25. The molecule has 0 aliphatic heterocycles. The second-order valence-electron chi connectivity index (χ2n) is 8.21. The Balaban J connectivity index is 1.77. The van der Waals surface area contributed by atoms with Crippen molar-refractivity contribution in [1.29, 1.82) is 5.26 Å². The van der Waals surface area contributed by atoms with E-state index in [0.29, 0.717) is 23.0 Å². The van der Waals surface area contributed by atoms with Crippen molar-refractivity contribution < 1.29 is 18.0 Å². The lowest BCUT2D eigenvalue weighted by atomic mass is 9.88. The molecule has 3 nitrogen and oxygen atoms in total. The lowest BCUT2D eigenvalue weighted by Gasteiger charge is -2.20. The summed E-state index contributed by atoms with van der Waals surface area (Å²) in [5.41, 5.74) is 0.520. The lowest BCUT2D eigenvalue weighted by Crippen LogP contribution is -2.27. The molecule has 0 saturated heterocycles. The smallest absolute Gasteiger partial charge is 0.316 e. The van der Waals surface area contributed by atoms with E-state index in [-0.39, 0.29) is 21.7 Å². The number of fused-ring (bicyclic) bond motifs is 2. The average Bonchev–Trinajstić information content (AvgIpc) is 3.36. The quantitative estimate of drug-likeness (QED) is 0.636. The van der Waals surface area contributed by atoms with Crippen molar-refractivity contribution in [2.45, 2.75) is 45.7 Å². The summed E-state index contributed by atoms with van der Waals surface area (Å²) in [5.74, 6) is 0.439. The highest BCUT2D eigenvalue weighted by Gasteiger charge is 2.44. The molecule has 2 aliphatic rings. The number of thiophene rings is 1. The van der Waals surface area contributed by atoms with Gasteiger partial charge in [0.1, 0.15) is 11.1 Å². The van der Waals surface area contributed by atoms with Crippen LogP contribution in [0.25, 0.3) is 10.4 Å². The molecule has 2 aliphatic carbocycles. The summed E-state index contributed by atoms with van der Waals surface area (Å²) in [5, 5.41) is 12.2. The first-order chi connectivity index (χ1) is 13.7. The predicted octanol–water partition coefficient (Wildman–Crippen LogP) is 6.30. The van der Waals surface area contributed by atoms with Crippen LogP contribution < -0.4 is 5.32 Å². The van der Waals surface area contributed by atoms with Gasteiger partial charge in [-0.25, -0.2) is 0 Å². The van der Waals surface area contributed by atoms with E-state index < -0.39 is 17.3 Å². The van der Waals surface area contributed by atoms with E-state index in [9.17, 15) is 23.2 Å². The van der Waals surface area contributed by atoms with Crippen molar-refractivity contribution >= 4 is 22.2 Å². The molecular formula is C22H21F3N2OS. The van der Waals surface area contributed by atoms with Gasteiger partial charge in [-0.3, -0.25) is 4.79 Å². The molecule has 2 aromatic rings. The molecule has 2 fully saturated rings. The number of rotatable bonds is 3. The van der Waals surface area contributed by atoms with Crippen molar-refractivity contribution in [1.82, 2.24) is 0 Å². The van der Waals surface area contributed by atoms with Crippen LogP contribution in [0.2, 0.25) is 0 Å². The molecule has 1 aromatic carbocycles. The number of nitrogens with zero attached hydrogens (tertiary/aromatic N) is 1. The summed E-state index contributed by atoms with van der Waals surface area (Å²) in [4.78, 5) is 12.8. The highest BCUT2D eigenvalue weighted by Crippen LogP contribution is 2.51. The van der Waals surface area contributed by atoms with Gasteiger partial charge < -0.3 is 5.32 Å². The number of carbonyl (C=O) groups excluding carboxylic acids is 1. The van der Waals surface area contributed by atoms with E-state index in [2.05, 4.69) is 5.32 Å². The number of amides is 1. The normalized spacial score (nSPS) is 23.2. The Morgan fingerprint density at radius 1 is 1.24 bits per heavy atom. The van der Waals surface area contributed by atoms with Crippen LogP contribution >= 0.6 is 11.3 Å². The second kappa shape index (κ2) is 7.17. The first-order valence-corrected chi connectivity index (χ1v) is 10.5. The summed E-state index contributed by atoms with van der Waals surface area (Å²) in [7, 11) is 0. The standard InChI is InChI=1S/C22H21F3N2OS/c1-11-3-4-12(2)15(7-11)19-18(22(23,24)25)17(10-26)21(29-19)27-20(28)16-9-13-5-6-14(16)8-13/h3-4,7,13-14,16H,5-6,8-9H2,1-2H3,(H,27,28)/t13-,14+,16+/m1/s1. The molecule has 0 radical (unpaired) electrons. The first kappa shape index (κ1) is 20.0. The number of alkyl halides is 3. The van der Waals surface area contributed by atoms with Gasteiger partial charge in [0.15, 0.2) is 0 Å². The highest BCUT2D eigenvalue weighted by molar-refractivity contribution is 7.20. The van der Waals surface area contributed by atoms with E-state index in [1.807, 2.05) is 13.0 Å². The van der Waals surface area contributed by atoms with Crippen LogP contribution in [0.3, 0.4) is 0 Å². The Morgan fingerprint density at radius 3 is 2.59 bits per heavy atom. The van der Waals surface area contributed by atoms with E-state index in [1.54, 1.807) is 25.1 Å². The van der Waals surface area contributed by atoms with Gasteiger partial charge in [-0.2, -0.15) is 18.4 Å². The largest absolute Gasteiger partial charge is 0.419 e. The molecular weight excluding hydrogens is 397 g/mol. The molecule has 1 heterocycles. The number of nitriles is 1. The number of aryl methyl sites for hydroxylation is 2. The fourth-order valence-electron chi connectivity index (χ4n) is 4.84. The SMILES string of the molecule is Cc1ccc(C)c(-c2sc(NC(=O)[C@H]3C[C@@H]4CC[C@H]3C4)c(C#N)c2C(F)(F)F)c1. The second-order valence-corrected chi connectivity index (χ2v) is 9.23. The molecule has 1 N–H and O–H groups in total. The van der Waals surface area contributed by atoms with Crippen molar-refractivity contribution in [3.8, 4) is 16.5 Å². The molecule has 0 unspecified atom stereocenters. The summed E-state index contributed by atoms with van der Waals surface area (Å²) in [6.45, 7) is 3.56. The van der Waals surface area contributed by atoms with Gasteiger partial charge in [0.25, 0.3) is 0 Å². The van der Waals surface area contributed by atoms with Crippen LogP contribution in [0.15, 0.2) is 18.2 Å². The van der Waals surface area contributed by atoms with Gasteiger partial charge in [-0.05, 0) is 56.1 Å². The molecule has 7 heteroatoms. The molecule has 2 bridgehead atoms. The molecule has 2 saturated carbocycles. The fraction of sp³-hybridized carbons (Fsp3) is 0.455. The summed E-state index contributed by atoms with van der Waals surface area (Å²) in [6, 6.07) is 7.00. The van der Waals surface area contributed by atoms with Gasteiger partial charge in [0.05, 0.1) is 16.0 Å². The summed E-state index contributed by atoms with van der Waals surface area (Å²) >= 11 is 0.846. The van der Waals surface area contributed by atoms with Crippen LogP contribution in [0.1, 0.15) is 47.9 Å². The summed E-state index contributed by atoms with van der Waals surface area (Å²) < 4.78 is 41.8. The minimum atomic E-state index is -4.69. The number of anilines is 1. The predicted molar refractivity (Wildman–Crippen MR) is 107 cm³/mol. The zero-order valence-corrected chi connectivity index (χ0v) is 17.0. The molecule has 0 spiro atoms. The Kier molecular flexibility index (Phi) is 4.94. The molecule has 4 rings (SSSR count). The van der Waals surface area contributed by atoms with Gasteiger partial charge in [-0.1, -0.05) is 30.2 Å². The van der Waals surface area contributed by atoms with E-state index in [0.717, 1.165) is 42.6 Å². The van der Waals surface area contributed by atoms with Gasteiger partial charge in [-0.15, -0.1) is 11.3 Å². The fourth-order valence-corrected chi connectivity index (χ4v) is 6.09. The number of carbonyl (C=O) groups is 1. The molecule has 3 atom stereocenters. The zero-order chi connectivity index (χ0) is 20.9. The van der Waals surface area contributed by atoms with Crippen LogP contribution in [0.4, 0.5) is 18.2 Å². The first-order valence-electron chi connectivity index (χ1n) is 9.71. The van der Waals surface area contributed by atoms with Crippen LogP contribution in [0, 0.1) is 42.9 Å². The zero-order valence-electron chi connectivity index (χ0n) is 16.2. The maximum Gasteiger partial charge on any atom is 0.419 e. The lowest BCUT2D eigenvalue weighted by molar-refractivity contribution is -0.137.